The molecule has 0 atom stereocenters. The quantitative estimate of drug-likeness (QED) is 0.756. The summed E-state index contributed by atoms with van der Waals surface area (Å²) in [6.07, 6.45) is 3.63. The van der Waals surface area contributed by atoms with Crippen molar-refractivity contribution in [2.24, 2.45) is 10.9 Å². The molecule has 1 fully saturated rings. The second kappa shape index (κ2) is 5.61. The Labute approximate surface area is 89.7 Å². The predicted molar refractivity (Wildman–Crippen MR) is 60.9 cm³/mol. The van der Waals surface area contributed by atoms with E-state index in [0.717, 1.165) is 37.4 Å². The predicted octanol–water partition coefficient (Wildman–Crippen LogP) is 1.50. The van der Waals surface area contributed by atoms with Gasteiger partial charge in [0, 0.05) is 32.1 Å². The zero-order chi connectivity index (χ0) is 9.64. The van der Waals surface area contributed by atoms with Crippen LogP contribution in [0.25, 0.3) is 0 Å². The smallest absolute Gasteiger partial charge is 0.156 e. The molecule has 1 N–H and O–H groups in total. The van der Waals surface area contributed by atoms with Crippen molar-refractivity contribution >= 4 is 16.9 Å². The van der Waals surface area contributed by atoms with Crippen LogP contribution in [-0.2, 0) is 4.74 Å². The molecule has 0 aliphatic carbocycles. The zero-order valence-electron chi connectivity index (χ0n) is 8.50. The van der Waals surface area contributed by atoms with Gasteiger partial charge in [0.1, 0.15) is 0 Å². The molecule has 0 aromatic carbocycles. The third kappa shape index (κ3) is 3.17. The number of nitrogens with zero attached hydrogens (tertiary/aromatic N) is 1. The van der Waals surface area contributed by atoms with Gasteiger partial charge in [-0.2, -0.15) is 0 Å². The molecular formula is C10H18N2OS. The number of nitrogens with one attached hydrogen (secondary N) is 1. The minimum atomic E-state index is 0.786. The monoisotopic (exact) mass is 214 g/mol. The minimum absolute atomic E-state index is 0.786. The van der Waals surface area contributed by atoms with Crippen molar-refractivity contribution in [3.8, 4) is 0 Å². The molecule has 2 heterocycles. The first-order chi connectivity index (χ1) is 6.95. The highest BCUT2D eigenvalue weighted by molar-refractivity contribution is 8.13. The number of aliphatic imine (C=N–C) groups is 1. The number of thioether (sulfide) groups is 1. The highest BCUT2D eigenvalue weighted by Gasteiger charge is 2.14. The third-order valence-corrected chi connectivity index (χ3v) is 3.72. The lowest BCUT2D eigenvalue weighted by molar-refractivity contribution is 0.0676. The molecule has 4 heteroatoms. The number of amidine groups is 1. The average molecular weight is 214 g/mol. The Morgan fingerprint density at radius 1 is 1.43 bits per heavy atom. The fourth-order valence-electron chi connectivity index (χ4n) is 1.75. The summed E-state index contributed by atoms with van der Waals surface area (Å²) in [4.78, 5) is 4.45. The number of rotatable bonds is 2. The summed E-state index contributed by atoms with van der Waals surface area (Å²) in [5, 5.41) is 4.60. The van der Waals surface area contributed by atoms with Crippen LogP contribution in [0.1, 0.15) is 19.3 Å². The normalized spacial score (nSPS) is 24.4. The van der Waals surface area contributed by atoms with Gasteiger partial charge in [-0.15, -0.1) is 0 Å². The van der Waals surface area contributed by atoms with E-state index in [-0.39, 0.29) is 0 Å². The molecular weight excluding hydrogens is 196 g/mol. The second-order valence-electron chi connectivity index (χ2n) is 3.83. The molecule has 0 bridgehead atoms. The molecule has 0 radical (unpaired) electrons. The van der Waals surface area contributed by atoms with Gasteiger partial charge in [-0.1, -0.05) is 11.8 Å². The molecule has 0 unspecified atom stereocenters. The molecule has 80 valence electrons. The van der Waals surface area contributed by atoms with E-state index in [9.17, 15) is 0 Å². The van der Waals surface area contributed by atoms with Gasteiger partial charge in [0.25, 0.3) is 0 Å². The largest absolute Gasteiger partial charge is 0.381 e. The maximum atomic E-state index is 5.33. The van der Waals surface area contributed by atoms with Crippen LogP contribution in [0.4, 0.5) is 0 Å². The van der Waals surface area contributed by atoms with Crippen molar-refractivity contribution in [2.45, 2.75) is 19.3 Å². The van der Waals surface area contributed by atoms with Crippen molar-refractivity contribution in [2.75, 3.05) is 32.1 Å². The summed E-state index contributed by atoms with van der Waals surface area (Å²) < 4.78 is 5.33. The Hall–Kier alpha value is -0.220. The van der Waals surface area contributed by atoms with Gasteiger partial charge in [-0.05, 0) is 25.2 Å². The molecule has 1 saturated heterocycles. The summed E-state index contributed by atoms with van der Waals surface area (Å²) >= 11 is 1.86. The van der Waals surface area contributed by atoms with E-state index >= 15 is 0 Å². The minimum Gasteiger partial charge on any atom is -0.381 e. The van der Waals surface area contributed by atoms with Crippen LogP contribution < -0.4 is 5.32 Å². The zero-order valence-corrected chi connectivity index (χ0v) is 9.31. The van der Waals surface area contributed by atoms with Gasteiger partial charge in [0.05, 0.1) is 0 Å². The summed E-state index contributed by atoms with van der Waals surface area (Å²) in [5.41, 5.74) is 0. The van der Waals surface area contributed by atoms with Crippen molar-refractivity contribution in [1.29, 1.82) is 0 Å². The Bertz CT molecular complexity index is 202. The van der Waals surface area contributed by atoms with Gasteiger partial charge in [-0.25, -0.2) is 0 Å². The second-order valence-corrected chi connectivity index (χ2v) is 4.91. The fourth-order valence-corrected chi connectivity index (χ4v) is 2.58. The Morgan fingerprint density at radius 3 is 3.00 bits per heavy atom. The molecule has 2 aliphatic heterocycles. The highest BCUT2D eigenvalue weighted by atomic mass is 32.2. The lowest BCUT2D eigenvalue weighted by Gasteiger charge is -2.23. The SMILES string of the molecule is C1CN=C(NCC2CCOCC2)SC1. The Balaban J connectivity index is 1.67. The summed E-state index contributed by atoms with van der Waals surface area (Å²) in [6.45, 7) is 3.95. The molecule has 2 aliphatic rings. The van der Waals surface area contributed by atoms with Crippen LogP contribution in [0.15, 0.2) is 4.99 Å². The Morgan fingerprint density at radius 2 is 2.29 bits per heavy atom. The number of hydrogen-bond acceptors (Lipinski definition) is 4. The van der Waals surface area contributed by atoms with Crippen LogP contribution in [0.5, 0.6) is 0 Å². The van der Waals surface area contributed by atoms with E-state index in [4.69, 9.17) is 4.74 Å². The van der Waals surface area contributed by atoms with Gasteiger partial charge in [0.2, 0.25) is 0 Å². The van der Waals surface area contributed by atoms with Crippen LogP contribution >= 0.6 is 11.8 Å². The van der Waals surface area contributed by atoms with Crippen molar-refractivity contribution in [3.63, 3.8) is 0 Å². The standard InChI is InChI=1S/C10H18N2OS/c1-4-11-10(14-7-1)12-8-9-2-5-13-6-3-9/h9H,1-8H2,(H,11,12). The van der Waals surface area contributed by atoms with E-state index in [0.29, 0.717) is 0 Å². The summed E-state index contributed by atoms with van der Waals surface area (Å²) in [6, 6.07) is 0. The maximum absolute atomic E-state index is 5.33. The summed E-state index contributed by atoms with van der Waals surface area (Å²) in [5.74, 6) is 2.01. The van der Waals surface area contributed by atoms with Crippen LogP contribution in [0, 0.1) is 5.92 Å². The van der Waals surface area contributed by atoms with Gasteiger partial charge < -0.3 is 10.1 Å². The third-order valence-electron chi connectivity index (χ3n) is 2.68. The molecule has 0 aromatic rings. The molecule has 0 aromatic heterocycles. The van der Waals surface area contributed by atoms with E-state index in [2.05, 4.69) is 10.3 Å². The Kier molecular flexibility index (Phi) is 4.13. The topological polar surface area (TPSA) is 33.6 Å². The molecule has 0 saturated carbocycles. The van der Waals surface area contributed by atoms with Crippen LogP contribution in [0.2, 0.25) is 0 Å². The van der Waals surface area contributed by atoms with E-state index in [1.165, 1.54) is 25.0 Å². The van der Waals surface area contributed by atoms with Crippen molar-refractivity contribution < 1.29 is 4.74 Å². The first-order valence-electron chi connectivity index (χ1n) is 5.44. The maximum Gasteiger partial charge on any atom is 0.156 e. The van der Waals surface area contributed by atoms with E-state index in [1.807, 2.05) is 11.8 Å². The summed E-state index contributed by atoms with van der Waals surface area (Å²) in [7, 11) is 0. The fraction of sp³-hybridized carbons (Fsp3) is 0.900. The number of hydrogen-bond donors (Lipinski definition) is 1. The van der Waals surface area contributed by atoms with E-state index < -0.39 is 0 Å². The lowest BCUT2D eigenvalue weighted by Crippen LogP contribution is -2.31. The van der Waals surface area contributed by atoms with Crippen molar-refractivity contribution in [3.05, 3.63) is 0 Å². The number of ether oxygens (including phenoxy) is 1. The van der Waals surface area contributed by atoms with Crippen LogP contribution in [-0.4, -0.2) is 37.2 Å². The van der Waals surface area contributed by atoms with E-state index in [1.54, 1.807) is 0 Å². The molecule has 2 rings (SSSR count). The van der Waals surface area contributed by atoms with Gasteiger partial charge in [-0.3, -0.25) is 4.99 Å². The first kappa shape index (κ1) is 10.3. The molecule has 3 nitrogen and oxygen atoms in total. The van der Waals surface area contributed by atoms with Gasteiger partial charge >= 0.3 is 0 Å². The highest BCUT2D eigenvalue weighted by Crippen LogP contribution is 2.15. The average Bonchev–Trinajstić information content (AvgIpc) is 2.29. The van der Waals surface area contributed by atoms with Crippen LogP contribution in [0.3, 0.4) is 0 Å². The molecule has 14 heavy (non-hydrogen) atoms. The first-order valence-corrected chi connectivity index (χ1v) is 6.42. The van der Waals surface area contributed by atoms with Crippen molar-refractivity contribution in [1.82, 2.24) is 5.32 Å². The van der Waals surface area contributed by atoms with Gasteiger partial charge in [0.15, 0.2) is 5.17 Å². The molecule has 0 spiro atoms. The lowest BCUT2D eigenvalue weighted by atomic mass is 10.0. The molecule has 0 amide bonds.